The Bertz CT molecular complexity index is 123. The summed E-state index contributed by atoms with van der Waals surface area (Å²) in [5.41, 5.74) is 11.0. The number of hydrogen-bond acceptors (Lipinski definition) is 4. The van der Waals surface area contributed by atoms with Crippen molar-refractivity contribution >= 4 is 5.97 Å². The molecule has 0 rings (SSSR count). The normalized spacial score (nSPS) is 11.8. The zero-order valence-corrected chi connectivity index (χ0v) is 8.66. The van der Waals surface area contributed by atoms with Crippen LogP contribution in [0.5, 0.6) is 0 Å². The summed E-state index contributed by atoms with van der Waals surface area (Å²) in [5, 5.41) is 7.42. The van der Waals surface area contributed by atoms with Crippen LogP contribution in [0, 0.1) is 0 Å². The summed E-state index contributed by atoms with van der Waals surface area (Å²) in [6, 6.07) is 0. The maximum absolute atomic E-state index is 9.00. The van der Waals surface area contributed by atoms with Crippen molar-refractivity contribution in [2.45, 2.75) is 26.9 Å². The van der Waals surface area contributed by atoms with Crippen LogP contribution < -0.4 is 11.5 Å². The number of aliphatic carboxylic acids is 1. The molecule has 5 N–H and O–H groups in total. The molecule has 0 fully saturated rings. The smallest absolute Gasteiger partial charge is 0.300 e. The molecule has 0 bridgehead atoms. The Morgan fingerprint density at radius 3 is 1.85 bits per heavy atom. The second-order valence-electron chi connectivity index (χ2n) is 2.54. The molecule has 0 aromatic carbocycles. The van der Waals surface area contributed by atoms with E-state index in [0.29, 0.717) is 6.54 Å². The minimum absolute atomic E-state index is 0.0417. The first kappa shape index (κ1) is 14.9. The van der Waals surface area contributed by atoms with Crippen molar-refractivity contribution in [2.24, 2.45) is 11.5 Å². The van der Waals surface area contributed by atoms with E-state index in [2.05, 4.69) is 18.7 Å². The third-order valence-electron chi connectivity index (χ3n) is 1.52. The van der Waals surface area contributed by atoms with E-state index in [1.165, 1.54) is 0 Å². The Morgan fingerprint density at radius 1 is 1.46 bits per heavy atom. The van der Waals surface area contributed by atoms with Crippen LogP contribution in [-0.2, 0) is 4.79 Å². The summed E-state index contributed by atoms with van der Waals surface area (Å²) in [6.07, 6.45) is 0.0417. The highest BCUT2D eigenvalue weighted by atomic mass is 16.4. The highest BCUT2D eigenvalue weighted by Gasteiger charge is 2.05. The molecule has 5 nitrogen and oxygen atoms in total. The van der Waals surface area contributed by atoms with Gasteiger partial charge < -0.3 is 16.6 Å². The Hall–Kier alpha value is -0.650. The summed E-state index contributed by atoms with van der Waals surface area (Å²) < 4.78 is 0. The largest absolute Gasteiger partial charge is 0.481 e. The average molecular weight is 191 g/mol. The van der Waals surface area contributed by atoms with E-state index in [9.17, 15) is 0 Å². The third-order valence-corrected chi connectivity index (χ3v) is 1.52. The second kappa shape index (κ2) is 9.44. The molecule has 0 aliphatic rings. The average Bonchev–Trinajstić information content (AvgIpc) is 2.05. The lowest BCUT2D eigenvalue weighted by Gasteiger charge is -2.24. The van der Waals surface area contributed by atoms with Gasteiger partial charge in [0, 0.05) is 13.5 Å². The standard InChI is InChI=1S/C6H17N3.C2H4O2/c1-3-9(4-2)6(8)5-7;1-2(3)4/h6H,3-5,7-8H2,1-2H3;1H3,(H,3,4). The zero-order chi connectivity index (χ0) is 10.9. The van der Waals surface area contributed by atoms with Crippen LogP contribution in [0.4, 0.5) is 0 Å². The first-order valence-corrected chi connectivity index (χ1v) is 4.38. The van der Waals surface area contributed by atoms with Gasteiger partial charge in [-0.3, -0.25) is 9.69 Å². The van der Waals surface area contributed by atoms with Crippen molar-refractivity contribution in [3.63, 3.8) is 0 Å². The number of carbonyl (C=O) groups is 1. The van der Waals surface area contributed by atoms with Crippen molar-refractivity contribution in [2.75, 3.05) is 19.6 Å². The van der Waals surface area contributed by atoms with E-state index in [4.69, 9.17) is 21.4 Å². The SMILES string of the molecule is CC(=O)O.CCN(CC)C(N)CN. The molecule has 1 atom stereocenters. The van der Waals surface area contributed by atoms with E-state index < -0.39 is 5.97 Å². The summed E-state index contributed by atoms with van der Waals surface area (Å²) in [6.45, 7) is 7.75. The lowest BCUT2D eigenvalue weighted by molar-refractivity contribution is -0.134. The van der Waals surface area contributed by atoms with E-state index >= 15 is 0 Å². The molecule has 0 aromatic heterocycles. The molecule has 80 valence electrons. The minimum Gasteiger partial charge on any atom is -0.481 e. The third kappa shape index (κ3) is 11.3. The number of likely N-dealkylation sites (N-methyl/N-ethyl adjacent to an activating group) is 1. The molecule has 0 spiro atoms. The predicted molar refractivity (Wildman–Crippen MR) is 53.3 cm³/mol. The number of carboxylic acids is 1. The van der Waals surface area contributed by atoms with E-state index in [1.807, 2.05) is 0 Å². The van der Waals surface area contributed by atoms with Crippen molar-refractivity contribution in [1.82, 2.24) is 4.90 Å². The fraction of sp³-hybridized carbons (Fsp3) is 0.875. The van der Waals surface area contributed by atoms with Crippen LogP contribution >= 0.6 is 0 Å². The molecule has 0 aromatic rings. The van der Waals surface area contributed by atoms with Crippen LogP contribution in [0.1, 0.15) is 20.8 Å². The van der Waals surface area contributed by atoms with Gasteiger partial charge in [-0.15, -0.1) is 0 Å². The lowest BCUT2D eigenvalue weighted by atomic mass is 10.4. The first-order chi connectivity index (χ1) is 5.99. The Balaban J connectivity index is 0. The number of nitrogens with zero attached hydrogens (tertiary/aromatic N) is 1. The van der Waals surface area contributed by atoms with Crippen molar-refractivity contribution in [3.05, 3.63) is 0 Å². The van der Waals surface area contributed by atoms with Crippen LogP contribution in [0.15, 0.2) is 0 Å². The van der Waals surface area contributed by atoms with Crippen LogP contribution in [0.3, 0.4) is 0 Å². The van der Waals surface area contributed by atoms with Crippen molar-refractivity contribution < 1.29 is 9.90 Å². The van der Waals surface area contributed by atoms with Gasteiger partial charge in [0.2, 0.25) is 0 Å². The van der Waals surface area contributed by atoms with Crippen molar-refractivity contribution in [1.29, 1.82) is 0 Å². The molecule has 0 aliphatic heterocycles. The molecule has 0 aliphatic carbocycles. The lowest BCUT2D eigenvalue weighted by Crippen LogP contribution is -2.46. The fourth-order valence-corrected chi connectivity index (χ4v) is 0.842. The van der Waals surface area contributed by atoms with Crippen LogP contribution in [0.25, 0.3) is 0 Å². The summed E-state index contributed by atoms with van der Waals surface area (Å²) >= 11 is 0. The minimum atomic E-state index is -0.833. The van der Waals surface area contributed by atoms with Gasteiger partial charge in [-0.1, -0.05) is 13.8 Å². The molecule has 5 heteroatoms. The van der Waals surface area contributed by atoms with Gasteiger partial charge in [0.05, 0.1) is 6.17 Å². The number of rotatable bonds is 4. The van der Waals surface area contributed by atoms with Gasteiger partial charge in [0.1, 0.15) is 0 Å². The molecule has 0 heterocycles. The van der Waals surface area contributed by atoms with Crippen LogP contribution in [-0.4, -0.2) is 41.8 Å². The van der Waals surface area contributed by atoms with E-state index in [0.717, 1.165) is 20.0 Å². The zero-order valence-electron chi connectivity index (χ0n) is 8.66. The monoisotopic (exact) mass is 191 g/mol. The van der Waals surface area contributed by atoms with Gasteiger partial charge in [0.15, 0.2) is 0 Å². The molecule has 1 unspecified atom stereocenters. The summed E-state index contributed by atoms with van der Waals surface area (Å²) in [4.78, 5) is 11.1. The van der Waals surface area contributed by atoms with Gasteiger partial charge in [-0.2, -0.15) is 0 Å². The maximum atomic E-state index is 9.00. The fourth-order valence-electron chi connectivity index (χ4n) is 0.842. The van der Waals surface area contributed by atoms with E-state index in [-0.39, 0.29) is 6.17 Å². The predicted octanol–water partition coefficient (Wildman–Crippen LogP) is -0.337. The van der Waals surface area contributed by atoms with Gasteiger partial charge in [0.25, 0.3) is 5.97 Å². The highest BCUT2D eigenvalue weighted by molar-refractivity contribution is 5.62. The maximum Gasteiger partial charge on any atom is 0.300 e. The quantitative estimate of drug-likeness (QED) is 0.529. The van der Waals surface area contributed by atoms with E-state index in [1.54, 1.807) is 0 Å². The number of nitrogens with two attached hydrogens (primary N) is 2. The summed E-state index contributed by atoms with van der Waals surface area (Å²) in [7, 11) is 0. The number of hydrogen-bond donors (Lipinski definition) is 3. The first-order valence-electron chi connectivity index (χ1n) is 4.38. The Kier molecular flexibility index (Phi) is 10.8. The number of carboxylic acid groups (broad SMARTS) is 1. The Labute approximate surface area is 79.7 Å². The topological polar surface area (TPSA) is 92.6 Å². The molecular weight excluding hydrogens is 170 g/mol. The van der Waals surface area contributed by atoms with Crippen molar-refractivity contribution in [3.8, 4) is 0 Å². The second-order valence-corrected chi connectivity index (χ2v) is 2.54. The summed E-state index contributed by atoms with van der Waals surface area (Å²) in [5.74, 6) is -0.833. The molecule has 0 saturated carbocycles. The van der Waals surface area contributed by atoms with Crippen LogP contribution in [0.2, 0.25) is 0 Å². The highest BCUT2D eigenvalue weighted by Crippen LogP contribution is 1.88. The Morgan fingerprint density at radius 2 is 1.77 bits per heavy atom. The van der Waals surface area contributed by atoms with Gasteiger partial charge >= 0.3 is 0 Å². The molecule has 0 amide bonds. The van der Waals surface area contributed by atoms with Gasteiger partial charge in [-0.05, 0) is 13.1 Å². The molecule has 13 heavy (non-hydrogen) atoms. The molecule has 0 radical (unpaired) electrons. The van der Waals surface area contributed by atoms with Gasteiger partial charge in [-0.25, -0.2) is 0 Å². The molecule has 0 saturated heterocycles. The molecular formula is C8H21N3O2.